The molecule has 2 fully saturated rings. The Kier molecular flexibility index (Phi) is 9.38. The first-order valence-corrected chi connectivity index (χ1v) is 10.6. The Balaban J connectivity index is 1.53. The summed E-state index contributed by atoms with van der Waals surface area (Å²) in [6.07, 6.45) is -14.0. The lowest BCUT2D eigenvalue weighted by Crippen LogP contribution is -2.61. The molecule has 188 valence electrons. The first-order valence-electron chi connectivity index (χ1n) is 10.6. The zero-order chi connectivity index (χ0) is 24.1. The average Bonchev–Trinajstić information content (AvgIpc) is 2.83. The van der Waals surface area contributed by atoms with E-state index in [1.807, 2.05) is 12.1 Å². The summed E-state index contributed by atoms with van der Waals surface area (Å²) in [7, 11) is 1.57. The van der Waals surface area contributed by atoms with Crippen LogP contribution in [0.4, 0.5) is 0 Å². The quantitative estimate of drug-likeness (QED) is 0.190. The van der Waals surface area contributed by atoms with Crippen molar-refractivity contribution in [1.82, 2.24) is 0 Å². The van der Waals surface area contributed by atoms with Crippen molar-refractivity contribution in [1.29, 1.82) is 0 Å². The fourth-order valence-corrected chi connectivity index (χ4v) is 3.67. The Morgan fingerprint density at radius 2 is 1.27 bits per heavy atom. The van der Waals surface area contributed by atoms with Crippen LogP contribution in [0.3, 0.4) is 0 Å². The molecule has 33 heavy (non-hydrogen) atoms. The van der Waals surface area contributed by atoms with Gasteiger partial charge in [0.2, 0.25) is 0 Å². The molecule has 10 atom stereocenters. The number of aliphatic hydroxyl groups is 7. The van der Waals surface area contributed by atoms with Crippen molar-refractivity contribution in [3.05, 3.63) is 29.8 Å². The fraction of sp³-hybridized carbons (Fsp3) is 0.714. The van der Waals surface area contributed by atoms with Gasteiger partial charge in [-0.1, -0.05) is 12.1 Å². The zero-order valence-electron chi connectivity index (χ0n) is 18.1. The van der Waals surface area contributed by atoms with Gasteiger partial charge in [0.25, 0.3) is 0 Å². The van der Waals surface area contributed by atoms with Crippen LogP contribution in [0.1, 0.15) is 5.56 Å². The third-order valence-electron chi connectivity index (χ3n) is 5.77. The van der Waals surface area contributed by atoms with Crippen molar-refractivity contribution >= 4 is 0 Å². The molecule has 12 heteroatoms. The summed E-state index contributed by atoms with van der Waals surface area (Å²) in [5, 5.41) is 69.6. The summed E-state index contributed by atoms with van der Waals surface area (Å²) < 4.78 is 26.9. The molecule has 7 N–H and O–H groups in total. The summed E-state index contributed by atoms with van der Waals surface area (Å²) in [5.74, 6) is 0.713. The highest BCUT2D eigenvalue weighted by Gasteiger charge is 2.47. The van der Waals surface area contributed by atoms with Gasteiger partial charge in [0.15, 0.2) is 12.6 Å². The highest BCUT2D eigenvalue weighted by Crippen LogP contribution is 2.26. The highest BCUT2D eigenvalue weighted by molar-refractivity contribution is 5.27. The number of ether oxygens (including phenoxy) is 5. The Morgan fingerprint density at radius 1 is 0.727 bits per heavy atom. The second kappa shape index (κ2) is 11.8. The van der Waals surface area contributed by atoms with Gasteiger partial charge in [-0.25, -0.2) is 0 Å². The normalized spacial score (nSPS) is 39.4. The first kappa shape index (κ1) is 26.2. The van der Waals surface area contributed by atoms with E-state index < -0.39 is 74.6 Å². The number of rotatable bonds is 9. The molecule has 1 aromatic rings. The maximum atomic E-state index is 10.3. The maximum Gasteiger partial charge on any atom is 0.186 e. The van der Waals surface area contributed by atoms with E-state index >= 15 is 0 Å². The van der Waals surface area contributed by atoms with Gasteiger partial charge in [-0.2, -0.15) is 0 Å². The summed E-state index contributed by atoms with van der Waals surface area (Å²) in [4.78, 5) is 0. The number of methoxy groups -OCH3 is 1. The van der Waals surface area contributed by atoms with Crippen molar-refractivity contribution in [3.63, 3.8) is 0 Å². The van der Waals surface area contributed by atoms with Crippen molar-refractivity contribution in [2.75, 3.05) is 26.9 Å². The van der Waals surface area contributed by atoms with Crippen LogP contribution in [0.2, 0.25) is 0 Å². The molecule has 0 spiro atoms. The van der Waals surface area contributed by atoms with Gasteiger partial charge < -0.3 is 59.4 Å². The van der Waals surface area contributed by atoms with E-state index in [-0.39, 0.29) is 6.61 Å². The van der Waals surface area contributed by atoms with Crippen molar-refractivity contribution in [2.45, 2.75) is 67.8 Å². The molecule has 0 radical (unpaired) electrons. The van der Waals surface area contributed by atoms with Gasteiger partial charge in [-0.3, -0.25) is 0 Å². The minimum absolute atomic E-state index is 0.150. The van der Waals surface area contributed by atoms with E-state index in [0.717, 1.165) is 5.56 Å². The Morgan fingerprint density at radius 3 is 1.85 bits per heavy atom. The van der Waals surface area contributed by atoms with Crippen molar-refractivity contribution < 1.29 is 59.4 Å². The van der Waals surface area contributed by atoms with Crippen LogP contribution in [0.5, 0.6) is 5.75 Å². The van der Waals surface area contributed by atoms with Crippen molar-refractivity contribution in [3.8, 4) is 5.75 Å². The van der Waals surface area contributed by atoms with Gasteiger partial charge in [-0.05, 0) is 24.1 Å². The van der Waals surface area contributed by atoms with Crippen LogP contribution in [0, 0.1) is 0 Å². The largest absolute Gasteiger partial charge is 0.497 e. The van der Waals surface area contributed by atoms with Gasteiger partial charge in [0, 0.05) is 0 Å². The summed E-state index contributed by atoms with van der Waals surface area (Å²) >= 11 is 0. The number of benzene rings is 1. The third-order valence-corrected chi connectivity index (χ3v) is 5.77. The molecule has 2 heterocycles. The molecule has 0 unspecified atom stereocenters. The third kappa shape index (κ3) is 6.18. The Hall–Kier alpha value is -1.42. The predicted octanol–water partition coefficient (Wildman–Crippen LogP) is -3.12. The minimum atomic E-state index is -1.63. The predicted molar refractivity (Wildman–Crippen MR) is 109 cm³/mol. The van der Waals surface area contributed by atoms with Gasteiger partial charge in [-0.15, -0.1) is 0 Å². The highest BCUT2D eigenvalue weighted by atomic mass is 16.7. The van der Waals surface area contributed by atoms with Crippen LogP contribution < -0.4 is 4.74 Å². The van der Waals surface area contributed by atoms with Gasteiger partial charge in [0.05, 0.1) is 26.9 Å². The lowest BCUT2D eigenvalue weighted by atomic mass is 9.98. The maximum absolute atomic E-state index is 10.3. The van der Waals surface area contributed by atoms with E-state index in [4.69, 9.17) is 23.7 Å². The second-order valence-electron chi connectivity index (χ2n) is 8.01. The summed E-state index contributed by atoms with van der Waals surface area (Å²) in [5.41, 5.74) is 0.948. The molecule has 0 aromatic heterocycles. The molecule has 0 saturated carbocycles. The topological polar surface area (TPSA) is 188 Å². The van der Waals surface area contributed by atoms with Crippen LogP contribution >= 0.6 is 0 Å². The van der Waals surface area contributed by atoms with E-state index in [9.17, 15) is 35.7 Å². The Bertz CT molecular complexity index is 716. The summed E-state index contributed by atoms with van der Waals surface area (Å²) in [6.45, 7) is -0.883. The molecule has 0 bridgehead atoms. The fourth-order valence-electron chi connectivity index (χ4n) is 3.67. The van der Waals surface area contributed by atoms with Gasteiger partial charge >= 0.3 is 0 Å². The van der Waals surface area contributed by atoms with Gasteiger partial charge in [0.1, 0.15) is 54.6 Å². The second-order valence-corrected chi connectivity index (χ2v) is 8.01. The SMILES string of the molecule is COc1ccc(CCO[C@@H]2O[C@H](CO[C@@H]3O[C@H](CO)[C@@H](O)[C@H](O)[C@H]3O)[C@@H](O)[C@H](O)[C@H]2O)cc1. The molecule has 0 amide bonds. The number of aliphatic hydroxyl groups excluding tert-OH is 7. The van der Waals surface area contributed by atoms with E-state index in [0.29, 0.717) is 12.2 Å². The monoisotopic (exact) mass is 476 g/mol. The van der Waals surface area contributed by atoms with Crippen molar-refractivity contribution in [2.24, 2.45) is 0 Å². The smallest absolute Gasteiger partial charge is 0.186 e. The minimum Gasteiger partial charge on any atom is -0.497 e. The average molecular weight is 476 g/mol. The van der Waals surface area contributed by atoms with Crippen LogP contribution in [-0.2, 0) is 25.4 Å². The lowest BCUT2D eigenvalue weighted by Gasteiger charge is -2.42. The lowest BCUT2D eigenvalue weighted by molar-refractivity contribution is -0.331. The number of hydrogen-bond acceptors (Lipinski definition) is 12. The molecule has 12 nitrogen and oxygen atoms in total. The molecular formula is C21H32O12. The van der Waals surface area contributed by atoms with E-state index in [1.165, 1.54) is 0 Å². The molecule has 1 aromatic carbocycles. The Labute approximate surface area is 190 Å². The molecular weight excluding hydrogens is 444 g/mol. The molecule has 0 aliphatic carbocycles. The van der Waals surface area contributed by atoms with E-state index in [1.54, 1.807) is 19.2 Å². The zero-order valence-corrected chi connectivity index (χ0v) is 18.1. The van der Waals surface area contributed by atoms with Crippen LogP contribution in [0.25, 0.3) is 0 Å². The molecule has 3 rings (SSSR count). The summed E-state index contributed by atoms with van der Waals surface area (Å²) in [6, 6.07) is 7.31. The first-order chi connectivity index (χ1) is 15.8. The molecule has 2 aliphatic rings. The number of hydrogen-bond donors (Lipinski definition) is 7. The van der Waals surface area contributed by atoms with E-state index in [2.05, 4.69) is 0 Å². The molecule has 2 aliphatic heterocycles. The molecule has 2 saturated heterocycles. The van der Waals surface area contributed by atoms with Crippen LogP contribution in [-0.4, -0.2) is 124 Å². The standard InChI is InChI=1S/C21H32O12/c1-29-11-4-2-10(3-5-11)6-7-30-20-18(27)17(26)15(24)13(33-20)9-31-21-19(28)16(25)14(23)12(8-22)32-21/h2-5,12-28H,6-9H2,1H3/t12-,13-,14-,15-,16+,17+,18-,19-,20-,21-/m1/s1. The van der Waals surface area contributed by atoms with Crippen LogP contribution in [0.15, 0.2) is 24.3 Å².